The van der Waals surface area contributed by atoms with Gasteiger partial charge in [0.05, 0.1) is 12.1 Å². The van der Waals surface area contributed by atoms with Crippen LogP contribution in [0.2, 0.25) is 5.02 Å². The molecule has 88 valence electrons. The van der Waals surface area contributed by atoms with Gasteiger partial charge in [0.1, 0.15) is 0 Å². The number of nitrogens with zero attached hydrogens (tertiary/aromatic N) is 1. The molecule has 0 unspecified atom stereocenters. The van der Waals surface area contributed by atoms with Crippen LogP contribution in [0.25, 0.3) is 10.8 Å². The summed E-state index contributed by atoms with van der Waals surface area (Å²) in [5.41, 5.74) is -0.153. The monoisotopic (exact) mass is 315 g/mol. The van der Waals surface area contributed by atoms with Gasteiger partial charge in [0.25, 0.3) is 0 Å². The van der Waals surface area contributed by atoms with Crippen LogP contribution in [0.15, 0.2) is 22.8 Å². The van der Waals surface area contributed by atoms with E-state index in [4.69, 9.17) is 11.6 Å². The minimum Gasteiger partial charge on any atom is -0.505 e. The number of aromatic hydroxyl groups is 1. The molecule has 0 atom stereocenters. The van der Waals surface area contributed by atoms with E-state index in [0.29, 0.717) is 15.8 Å². The molecule has 4 nitrogen and oxygen atoms in total. The van der Waals surface area contributed by atoms with E-state index in [1.807, 2.05) is 0 Å². The molecule has 0 aliphatic carbocycles. The number of benzene rings is 1. The Bertz CT molecular complexity index is 615. The third kappa shape index (κ3) is 1.96. The first-order valence-electron chi connectivity index (χ1n) is 4.60. The summed E-state index contributed by atoms with van der Waals surface area (Å²) in [7, 11) is 1.22. The Balaban J connectivity index is 2.84. The average Bonchev–Trinajstić information content (AvgIpc) is 2.33. The number of aromatic nitrogens is 1. The van der Waals surface area contributed by atoms with Crippen LogP contribution in [-0.2, 0) is 4.74 Å². The Hall–Kier alpha value is -1.33. The molecule has 6 heteroatoms. The first-order chi connectivity index (χ1) is 8.06. The summed E-state index contributed by atoms with van der Waals surface area (Å²) in [5, 5.41) is 11.3. The van der Waals surface area contributed by atoms with E-state index < -0.39 is 5.97 Å². The summed E-state index contributed by atoms with van der Waals surface area (Å²) in [4.78, 5) is 15.2. The fraction of sp³-hybridized carbons (Fsp3) is 0.0909. The van der Waals surface area contributed by atoms with Gasteiger partial charge >= 0.3 is 5.97 Å². The summed E-state index contributed by atoms with van der Waals surface area (Å²) < 4.78 is 5.25. The number of pyridine rings is 1. The standard InChI is InChI=1S/C11H7BrClNO3/c1-17-11(16)9-10(15)8-5(4-14-9)6(12)2-3-7(8)13/h2-4,15H,1H3. The molecule has 0 fully saturated rings. The number of methoxy groups -OCH3 is 1. The zero-order chi connectivity index (χ0) is 12.6. The molecule has 17 heavy (non-hydrogen) atoms. The lowest BCUT2D eigenvalue weighted by molar-refractivity contribution is 0.0591. The van der Waals surface area contributed by atoms with Gasteiger partial charge in [0.15, 0.2) is 11.4 Å². The molecule has 0 spiro atoms. The number of fused-ring (bicyclic) bond motifs is 1. The molecular formula is C11H7BrClNO3. The predicted octanol–water partition coefficient (Wildman–Crippen LogP) is 3.14. The topological polar surface area (TPSA) is 59.4 Å². The smallest absolute Gasteiger partial charge is 0.360 e. The van der Waals surface area contributed by atoms with Crippen LogP contribution in [-0.4, -0.2) is 23.2 Å². The van der Waals surface area contributed by atoms with Gasteiger partial charge in [-0.2, -0.15) is 0 Å². The van der Waals surface area contributed by atoms with Crippen molar-refractivity contribution in [3.05, 3.63) is 33.5 Å². The highest BCUT2D eigenvalue weighted by molar-refractivity contribution is 9.10. The van der Waals surface area contributed by atoms with Crippen LogP contribution in [0.4, 0.5) is 0 Å². The molecule has 0 aliphatic rings. The van der Waals surface area contributed by atoms with Crippen LogP contribution < -0.4 is 0 Å². The summed E-state index contributed by atoms with van der Waals surface area (Å²) in [6, 6.07) is 3.36. The number of hydrogen-bond acceptors (Lipinski definition) is 4. The molecule has 2 rings (SSSR count). The van der Waals surface area contributed by atoms with Crippen molar-refractivity contribution in [3.8, 4) is 5.75 Å². The SMILES string of the molecule is COC(=O)c1ncc2c(Br)ccc(Cl)c2c1O. The molecule has 1 aromatic heterocycles. The lowest BCUT2D eigenvalue weighted by Crippen LogP contribution is -2.04. The highest BCUT2D eigenvalue weighted by Crippen LogP contribution is 2.36. The quantitative estimate of drug-likeness (QED) is 0.821. The highest BCUT2D eigenvalue weighted by Gasteiger charge is 2.18. The summed E-state index contributed by atoms with van der Waals surface area (Å²) >= 11 is 9.31. The summed E-state index contributed by atoms with van der Waals surface area (Å²) in [6.07, 6.45) is 1.46. The van der Waals surface area contributed by atoms with Gasteiger partial charge in [-0.3, -0.25) is 0 Å². The number of rotatable bonds is 1. The fourth-order valence-electron chi connectivity index (χ4n) is 1.49. The van der Waals surface area contributed by atoms with Crippen LogP contribution in [0, 0.1) is 0 Å². The Morgan fingerprint density at radius 2 is 2.24 bits per heavy atom. The van der Waals surface area contributed by atoms with E-state index in [2.05, 4.69) is 25.7 Å². The number of ether oxygens (including phenoxy) is 1. The van der Waals surface area contributed by atoms with Crippen molar-refractivity contribution in [2.75, 3.05) is 7.11 Å². The zero-order valence-corrected chi connectivity index (χ0v) is 11.0. The summed E-state index contributed by atoms with van der Waals surface area (Å²) in [5.74, 6) is -0.985. The molecular weight excluding hydrogens is 309 g/mol. The van der Waals surface area contributed by atoms with E-state index >= 15 is 0 Å². The van der Waals surface area contributed by atoms with Gasteiger partial charge in [0.2, 0.25) is 0 Å². The minimum absolute atomic E-state index is 0.153. The molecule has 2 aromatic rings. The van der Waals surface area contributed by atoms with Gasteiger partial charge in [-0.15, -0.1) is 0 Å². The van der Waals surface area contributed by atoms with Crippen LogP contribution in [0.3, 0.4) is 0 Å². The molecule has 0 saturated heterocycles. The molecule has 0 bridgehead atoms. The lowest BCUT2D eigenvalue weighted by atomic mass is 10.1. The largest absolute Gasteiger partial charge is 0.505 e. The molecule has 0 saturated carbocycles. The number of hydrogen-bond donors (Lipinski definition) is 1. The Labute approximate surface area is 110 Å². The van der Waals surface area contributed by atoms with Crippen molar-refractivity contribution in [2.24, 2.45) is 0 Å². The average molecular weight is 317 g/mol. The maximum atomic E-state index is 11.4. The van der Waals surface area contributed by atoms with Gasteiger partial charge in [-0.05, 0) is 12.1 Å². The second kappa shape index (κ2) is 4.50. The third-order valence-corrected chi connectivity index (χ3v) is 3.31. The van der Waals surface area contributed by atoms with Gasteiger partial charge in [-0.25, -0.2) is 9.78 Å². The Morgan fingerprint density at radius 3 is 2.88 bits per heavy atom. The third-order valence-electron chi connectivity index (χ3n) is 2.30. The van der Waals surface area contributed by atoms with E-state index in [9.17, 15) is 9.90 Å². The van der Waals surface area contributed by atoms with Crippen molar-refractivity contribution < 1.29 is 14.6 Å². The van der Waals surface area contributed by atoms with Crippen molar-refractivity contribution in [3.63, 3.8) is 0 Å². The number of halogens is 2. The van der Waals surface area contributed by atoms with E-state index in [1.165, 1.54) is 13.3 Å². The van der Waals surface area contributed by atoms with E-state index in [1.54, 1.807) is 12.1 Å². The van der Waals surface area contributed by atoms with E-state index in [-0.39, 0.29) is 11.4 Å². The molecule has 1 N–H and O–H groups in total. The fourth-order valence-corrected chi connectivity index (χ4v) is 2.18. The maximum Gasteiger partial charge on any atom is 0.360 e. The van der Waals surface area contributed by atoms with E-state index in [0.717, 1.165) is 4.47 Å². The Kier molecular flexibility index (Phi) is 3.22. The van der Waals surface area contributed by atoms with Gasteiger partial charge < -0.3 is 9.84 Å². The molecule has 1 aromatic carbocycles. The van der Waals surface area contributed by atoms with Crippen LogP contribution in [0.5, 0.6) is 5.75 Å². The van der Waals surface area contributed by atoms with Gasteiger partial charge in [0, 0.05) is 21.4 Å². The van der Waals surface area contributed by atoms with Crippen molar-refractivity contribution >= 4 is 44.3 Å². The van der Waals surface area contributed by atoms with Gasteiger partial charge in [-0.1, -0.05) is 27.5 Å². The normalized spacial score (nSPS) is 10.5. The predicted molar refractivity (Wildman–Crippen MR) is 67.5 cm³/mol. The lowest BCUT2D eigenvalue weighted by Gasteiger charge is -2.08. The second-order valence-electron chi connectivity index (χ2n) is 3.26. The molecule has 1 heterocycles. The first-order valence-corrected chi connectivity index (χ1v) is 5.77. The maximum absolute atomic E-state index is 11.4. The second-order valence-corrected chi connectivity index (χ2v) is 4.53. The number of esters is 1. The minimum atomic E-state index is -0.708. The van der Waals surface area contributed by atoms with Crippen molar-refractivity contribution in [1.29, 1.82) is 0 Å². The zero-order valence-electron chi connectivity index (χ0n) is 8.70. The first kappa shape index (κ1) is 12.1. The molecule has 0 aliphatic heterocycles. The van der Waals surface area contributed by atoms with Crippen LogP contribution >= 0.6 is 27.5 Å². The highest BCUT2D eigenvalue weighted by atomic mass is 79.9. The van der Waals surface area contributed by atoms with Crippen molar-refractivity contribution in [2.45, 2.75) is 0 Å². The number of carbonyl (C=O) groups excluding carboxylic acids is 1. The van der Waals surface area contributed by atoms with Crippen LogP contribution in [0.1, 0.15) is 10.5 Å². The van der Waals surface area contributed by atoms with Crippen molar-refractivity contribution in [1.82, 2.24) is 4.98 Å². The number of carbonyl (C=O) groups is 1. The molecule has 0 radical (unpaired) electrons. The Morgan fingerprint density at radius 1 is 1.53 bits per heavy atom. The summed E-state index contributed by atoms with van der Waals surface area (Å²) in [6.45, 7) is 0. The molecule has 0 amide bonds.